The van der Waals surface area contributed by atoms with Gasteiger partial charge < -0.3 is 13.9 Å². The maximum atomic E-state index is 12.7. The molecule has 2 aromatic rings. The molecule has 3 rings (SSSR count). The van der Waals surface area contributed by atoms with Crippen molar-refractivity contribution >= 4 is 17.5 Å². The third-order valence-corrected chi connectivity index (χ3v) is 5.63. The second-order valence-electron chi connectivity index (χ2n) is 6.44. The summed E-state index contributed by atoms with van der Waals surface area (Å²) in [4.78, 5) is 12.7. The number of aromatic nitrogens is 2. The Hall–Kier alpha value is -2.02. The van der Waals surface area contributed by atoms with Crippen LogP contribution < -0.4 is 9.47 Å². The summed E-state index contributed by atoms with van der Waals surface area (Å²) < 4.78 is 16.3. The molecule has 0 radical (unpaired) electrons. The van der Waals surface area contributed by atoms with Gasteiger partial charge in [-0.2, -0.15) is 0 Å². The molecule has 1 aliphatic carbocycles. The van der Waals surface area contributed by atoms with Crippen molar-refractivity contribution in [1.82, 2.24) is 10.2 Å². The van der Waals surface area contributed by atoms with Gasteiger partial charge in [0.25, 0.3) is 5.22 Å². The van der Waals surface area contributed by atoms with Crippen LogP contribution in [0.4, 0.5) is 0 Å². The average Bonchev–Trinajstić information content (AvgIpc) is 3.16. The van der Waals surface area contributed by atoms with Crippen LogP contribution in [-0.4, -0.2) is 35.5 Å². The zero-order valence-electron chi connectivity index (χ0n) is 15.4. The third-order valence-electron chi connectivity index (χ3n) is 4.69. The molecule has 140 valence electrons. The van der Waals surface area contributed by atoms with Crippen molar-refractivity contribution in [3.63, 3.8) is 0 Å². The number of rotatable bonds is 7. The first-order chi connectivity index (χ1) is 12.6. The summed E-state index contributed by atoms with van der Waals surface area (Å²) >= 11 is 1.29. The zero-order chi connectivity index (χ0) is 18.5. The maximum absolute atomic E-state index is 12.7. The number of ketones is 1. The lowest BCUT2D eigenvalue weighted by molar-refractivity contribution is 0.0993. The fraction of sp³-hybridized carbons (Fsp3) is 0.526. The van der Waals surface area contributed by atoms with Crippen LogP contribution in [0.5, 0.6) is 11.5 Å². The van der Waals surface area contributed by atoms with Gasteiger partial charge in [-0.25, -0.2) is 0 Å². The van der Waals surface area contributed by atoms with Gasteiger partial charge in [0.15, 0.2) is 17.3 Å². The largest absolute Gasteiger partial charge is 0.493 e. The van der Waals surface area contributed by atoms with E-state index in [2.05, 4.69) is 10.2 Å². The highest BCUT2D eigenvalue weighted by Gasteiger charge is 2.24. The lowest BCUT2D eigenvalue weighted by Crippen LogP contribution is -2.13. The van der Waals surface area contributed by atoms with E-state index in [9.17, 15) is 4.79 Å². The molecule has 1 aromatic carbocycles. The molecule has 1 aliphatic rings. The Morgan fingerprint density at radius 2 is 1.88 bits per heavy atom. The quantitative estimate of drug-likeness (QED) is 0.520. The van der Waals surface area contributed by atoms with Crippen LogP contribution in [-0.2, 0) is 0 Å². The lowest BCUT2D eigenvalue weighted by Gasteiger charge is -2.17. The highest BCUT2D eigenvalue weighted by molar-refractivity contribution is 8.00. The minimum absolute atomic E-state index is 0.0200. The standard InChI is InChI=1S/C19H24N2O4S/c1-12(17(22)14-9-10-15(23-2)16(11-14)24-3)26-19-21-20-18(25-19)13-7-5-4-6-8-13/h9-13H,4-8H2,1-3H3/t12-/m0/s1. The van der Waals surface area contributed by atoms with Crippen LogP contribution in [0.2, 0.25) is 0 Å². The smallest absolute Gasteiger partial charge is 0.277 e. The topological polar surface area (TPSA) is 74.5 Å². The van der Waals surface area contributed by atoms with Crippen molar-refractivity contribution in [2.45, 2.75) is 55.4 Å². The Balaban J connectivity index is 1.67. The molecule has 0 N–H and O–H groups in total. The summed E-state index contributed by atoms with van der Waals surface area (Å²) in [5.74, 6) is 2.18. The second kappa shape index (κ2) is 8.58. The molecule has 0 amide bonds. The molecule has 26 heavy (non-hydrogen) atoms. The first-order valence-electron chi connectivity index (χ1n) is 8.88. The SMILES string of the molecule is COc1ccc(C(=O)[C@H](C)Sc2nnc(C3CCCCC3)o2)cc1OC. The maximum Gasteiger partial charge on any atom is 0.277 e. The highest BCUT2D eigenvalue weighted by Crippen LogP contribution is 2.34. The molecule has 0 aliphatic heterocycles. The third kappa shape index (κ3) is 4.20. The van der Waals surface area contributed by atoms with E-state index in [0.717, 1.165) is 12.8 Å². The number of hydrogen-bond acceptors (Lipinski definition) is 7. The van der Waals surface area contributed by atoms with E-state index < -0.39 is 0 Å². The fourth-order valence-electron chi connectivity index (χ4n) is 3.21. The van der Waals surface area contributed by atoms with E-state index in [1.54, 1.807) is 32.4 Å². The average molecular weight is 376 g/mol. The summed E-state index contributed by atoms with van der Waals surface area (Å²) in [5.41, 5.74) is 0.565. The number of methoxy groups -OCH3 is 2. The molecule has 1 atom stereocenters. The predicted octanol–water partition coefficient (Wildman–Crippen LogP) is 4.50. The number of carbonyl (C=O) groups is 1. The van der Waals surface area contributed by atoms with E-state index in [1.165, 1.54) is 31.0 Å². The van der Waals surface area contributed by atoms with E-state index in [1.807, 2.05) is 6.92 Å². The Morgan fingerprint density at radius 1 is 1.15 bits per heavy atom. The van der Waals surface area contributed by atoms with Crippen LogP contribution in [0.1, 0.15) is 61.2 Å². The Labute approximate surface area is 157 Å². The summed E-state index contributed by atoms with van der Waals surface area (Å²) in [6, 6.07) is 5.17. The van der Waals surface area contributed by atoms with Gasteiger partial charge in [0.1, 0.15) is 0 Å². The van der Waals surface area contributed by atoms with E-state index in [0.29, 0.717) is 34.1 Å². The van der Waals surface area contributed by atoms with Crippen LogP contribution in [0.3, 0.4) is 0 Å². The molecule has 0 spiro atoms. The number of Topliss-reactive ketones (excluding diaryl/α,β-unsaturated/α-hetero) is 1. The van der Waals surface area contributed by atoms with Crippen LogP contribution in [0, 0.1) is 0 Å². The molecule has 1 saturated carbocycles. The molecule has 1 heterocycles. The molecule has 0 saturated heterocycles. The normalized spacial score (nSPS) is 16.3. The predicted molar refractivity (Wildman–Crippen MR) is 99.3 cm³/mol. The van der Waals surface area contributed by atoms with Crippen LogP contribution in [0.15, 0.2) is 27.8 Å². The van der Waals surface area contributed by atoms with Crippen LogP contribution in [0.25, 0.3) is 0 Å². The van der Waals surface area contributed by atoms with Crippen LogP contribution >= 0.6 is 11.8 Å². The monoisotopic (exact) mass is 376 g/mol. The molecular weight excluding hydrogens is 352 g/mol. The minimum Gasteiger partial charge on any atom is -0.493 e. The Kier molecular flexibility index (Phi) is 6.19. The number of hydrogen-bond donors (Lipinski definition) is 0. The highest BCUT2D eigenvalue weighted by atomic mass is 32.2. The van der Waals surface area contributed by atoms with Gasteiger partial charge in [-0.05, 0) is 38.0 Å². The van der Waals surface area contributed by atoms with Gasteiger partial charge in [0.2, 0.25) is 5.89 Å². The van der Waals surface area contributed by atoms with Gasteiger partial charge in [0.05, 0.1) is 19.5 Å². The van der Waals surface area contributed by atoms with Gasteiger partial charge in [-0.1, -0.05) is 31.0 Å². The zero-order valence-corrected chi connectivity index (χ0v) is 16.2. The molecule has 0 bridgehead atoms. The van der Waals surface area contributed by atoms with Crippen molar-refractivity contribution in [2.75, 3.05) is 14.2 Å². The fourth-order valence-corrected chi connectivity index (χ4v) is 3.98. The molecular formula is C19H24N2O4S. The number of ether oxygens (including phenoxy) is 2. The van der Waals surface area contributed by atoms with Crippen molar-refractivity contribution in [1.29, 1.82) is 0 Å². The number of benzene rings is 1. The molecule has 0 unspecified atom stereocenters. The summed E-state index contributed by atoms with van der Waals surface area (Å²) in [6.07, 6.45) is 5.91. The summed E-state index contributed by atoms with van der Waals surface area (Å²) in [7, 11) is 3.12. The van der Waals surface area contributed by atoms with E-state index in [-0.39, 0.29) is 11.0 Å². The van der Waals surface area contributed by atoms with Gasteiger partial charge >= 0.3 is 0 Å². The molecule has 1 fully saturated rings. The first-order valence-corrected chi connectivity index (χ1v) is 9.76. The first kappa shape index (κ1) is 18.8. The van der Waals surface area contributed by atoms with E-state index in [4.69, 9.17) is 13.9 Å². The van der Waals surface area contributed by atoms with Gasteiger partial charge in [-0.15, -0.1) is 10.2 Å². The number of nitrogens with zero attached hydrogens (tertiary/aromatic N) is 2. The van der Waals surface area contributed by atoms with Crippen molar-refractivity contribution in [2.24, 2.45) is 0 Å². The van der Waals surface area contributed by atoms with E-state index >= 15 is 0 Å². The minimum atomic E-state index is -0.340. The van der Waals surface area contributed by atoms with Crippen molar-refractivity contribution < 1.29 is 18.7 Å². The Morgan fingerprint density at radius 3 is 2.58 bits per heavy atom. The number of carbonyl (C=O) groups excluding carboxylic acids is 1. The summed E-state index contributed by atoms with van der Waals surface area (Å²) in [6.45, 7) is 1.84. The number of thioether (sulfide) groups is 1. The van der Waals surface area contributed by atoms with Crippen molar-refractivity contribution in [3.05, 3.63) is 29.7 Å². The van der Waals surface area contributed by atoms with Gasteiger partial charge in [0, 0.05) is 11.5 Å². The Bertz CT molecular complexity index is 756. The molecule has 7 heteroatoms. The van der Waals surface area contributed by atoms with Crippen molar-refractivity contribution in [3.8, 4) is 11.5 Å². The molecule has 1 aromatic heterocycles. The molecule has 6 nitrogen and oxygen atoms in total. The lowest BCUT2D eigenvalue weighted by atomic mass is 9.89. The second-order valence-corrected chi connectivity index (χ2v) is 7.73. The summed E-state index contributed by atoms with van der Waals surface area (Å²) in [5, 5.41) is 8.42. The van der Waals surface area contributed by atoms with Gasteiger partial charge in [-0.3, -0.25) is 4.79 Å².